The Balaban J connectivity index is 1.97. The molecule has 2 rings (SSSR count). The molecule has 8 nitrogen and oxygen atoms in total. The van der Waals surface area contributed by atoms with Crippen LogP contribution in [0.4, 0.5) is 0 Å². The predicted molar refractivity (Wildman–Crippen MR) is 69.3 cm³/mol. The molecule has 2 aliphatic heterocycles. The summed E-state index contributed by atoms with van der Waals surface area (Å²) in [6, 6.07) is 0. The highest BCUT2D eigenvalue weighted by Gasteiger charge is 2.49. The SMILES string of the molecule is CCOC(=O)CCS(=O)(=O)N1CCC2C(=O)OC(=O)C2C1. The zero-order valence-corrected chi connectivity index (χ0v) is 12.4. The molecule has 0 aromatic rings. The van der Waals surface area contributed by atoms with Gasteiger partial charge in [-0.2, -0.15) is 0 Å². The molecule has 2 aliphatic rings. The number of hydrogen-bond acceptors (Lipinski definition) is 7. The molecule has 2 unspecified atom stereocenters. The van der Waals surface area contributed by atoms with Gasteiger partial charge in [0, 0.05) is 13.1 Å². The van der Waals surface area contributed by atoms with Crippen LogP contribution >= 0.6 is 0 Å². The van der Waals surface area contributed by atoms with Crippen molar-refractivity contribution in [1.29, 1.82) is 0 Å². The third kappa shape index (κ3) is 3.41. The van der Waals surface area contributed by atoms with Crippen molar-refractivity contribution in [3.63, 3.8) is 0 Å². The van der Waals surface area contributed by atoms with Gasteiger partial charge < -0.3 is 9.47 Å². The second kappa shape index (κ2) is 6.10. The Labute approximate surface area is 122 Å². The van der Waals surface area contributed by atoms with Gasteiger partial charge in [-0.15, -0.1) is 0 Å². The maximum absolute atomic E-state index is 12.2. The minimum Gasteiger partial charge on any atom is -0.466 e. The highest BCUT2D eigenvalue weighted by atomic mass is 32.2. The smallest absolute Gasteiger partial charge is 0.318 e. The van der Waals surface area contributed by atoms with Crippen LogP contribution in [-0.4, -0.2) is 56.1 Å². The second-order valence-corrected chi connectivity index (χ2v) is 7.06. The number of fused-ring (bicyclic) bond motifs is 1. The Kier molecular flexibility index (Phi) is 4.62. The Morgan fingerprint density at radius 2 is 2.00 bits per heavy atom. The van der Waals surface area contributed by atoms with Gasteiger partial charge in [0.15, 0.2) is 0 Å². The van der Waals surface area contributed by atoms with Crippen LogP contribution in [0.3, 0.4) is 0 Å². The Morgan fingerprint density at radius 1 is 1.33 bits per heavy atom. The third-order valence-corrected chi connectivity index (χ3v) is 5.48. The largest absolute Gasteiger partial charge is 0.466 e. The number of ether oxygens (including phenoxy) is 2. The van der Waals surface area contributed by atoms with Crippen LogP contribution in [-0.2, 0) is 33.9 Å². The lowest BCUT2D eigenvalue weighted by Gasteiger charge is -2.30. The summed E-state index contributed by atoms with van der Waals surface area (Å²) in [5, 5.41) is 0. The minimum absolute atomic E-state index is 0.0690. The first-order valence-electron chi connectivity index (χ1n) is 6.74. The van der Waals surface area contributed by atoms with Crippen molar-refractivity contribution in [2.45, 2.75) is 19.8 Å². The van der Waals surface area contributed by atoms with E-state index < -0.39 is 39.8 Å². The number of hydrogen-bond donors (Lipinski definition) is 0. The summed E-state index contributed by atoms with van der Waals surface area (Å²) in [6.45, 7) is 1.91. The molecule has 0 saturated carbocycles. The zero-order chi connectivity index (χ0) is 15.6. The lowest BCUT2D eigenvalue weighted by Crippen LogP contribution is -2.45. The first-order valence-corrected chi connectivity index (χ1v) is 8.35. The molecule has 9 heteroatoms. The van der Waals surface area contributed by atoms with Crippen molar-refractivity contribution < 1.29 is 32.3 Å². The summed E-state index contributed by atoms with van der Waals surface area (Å²) in [7, 11) is -3.66. The molecule has 118 valence electrons. The number of esters is 3. The van der Waals surface area contributed by atoms with Gasteiger partial charge in [-0.3, -0.25) is 14.4 Å². The third-order valence-electron chi connectivity index (χ3n) is 3.65. The predicted octanol–water partition coefficient (Wildman–Crippen LogP) is -0.709. The summed E-state index contributed by atoms with van der Waals surface area (Å²) >= 11 is 0. The zero-order valence-electron chi connectivity index (χ0n) is 11.6. The molecule has 21 heavy (non-hydrogen) atoms. The number of nitrogens with zero attached hydrogens (tertiary/aromatic N) is 1. The lowest BCUT2D eigenvalue weighted by atomic mass is 9.89. The molecule has 0 bridgehead atoms. The van der Waals surface area contributed by atoms with Gasteiger partial charge in [-0.1, -0.05) is 0 Å². The molecule has 0 aromatic heterocycles. The molecular formula is C12H17NO7S. The first-order chi connectivity index (χ1) is 9.85. The van der Waals surface area contributed by atoms with Crippen LogP contribution in [0.15, 0.2) is 0 Å². The monoisotopic (exact) mass is 319 g/mol. The minimum atomic E-state index is -3.66. The van der Waals surface area contributed by atoms with Crippen LogP contribution in [0.5, 0.6) is 0 Å². The van der Waals surface area contributed by atoms with Crippen molar-refractivity contribution in [2.24, 2.45) is 11.8 Å². The summed E-state index contributed by atoms with van der Waals surface area (Å²) in [5.41, 5.74) is 0. The molecule has 2 heterocycles. The molecule has 2 atom stereocenters. The fourth-order valence-corrected chi connectivity index (χ4v) is 3.97. The van der Waals surface area contributed by atoms with Gasteiger partial charge in [0.05, 0.1) is 30.6 Å². The van der Waals surface area contributed by atoms with Gasteiger partial charge in [0.1, 0.15) is 0 Å². The van der Waals surface area contributed by atoms with Crippen LogP contribution in [0.1, 0.15) is 19.8 Å². The normalized spacial score (nSPS) is 26.3. The van der Waals surface area contributed by atoms with Crippen molar-refractivity contribution in [3.05, 3.63) is 0 Å². The Bertz CT molecular complexity index is 556. The number of rotatable bonds is 5. The summed E-state index contributed by atoms with van der Waals surface area (Å²) in [4.78, 5) is 34.1. The van der Waals surface area contributed by atoms with E-state index in [-0.39, 0.29) is 38.3 Å². The summed E-state index contributed by atoms with van der Waals surface area (Å²) in [6.07, 6.45) is 0.0258. The molecular weight excluding hydrogens is 302 g/mol. The van der Waals surface area contributed by atoms with Crippen molar-refractivity contribution in [2.75, 3.05) is 25.4 Å². The Hall–Kier alpha value is -1.48. The van der Waals surface area contributed by atoms with Crippen LogP contribution in [0.2, 0.25) is 0 Å². The van der Waals surface area contributed by atoms with Gasteiger partial charge in [-0.25, -0.2) is 12.7 Å². The molecule has 2 saturated heterocycles. The van der Waals surface area contributed by atoms with Gasteiger partial charge in [0.25, 0.3) is 0 Å². The van der Waals surface area contributed by atoms with E-state index in [2.05, 4.69) is 9.47 Å². The molecule has 0 radical (unpaired) electrons. The van der Waals surface area contributed by atoms with Crippen molar-refractivity contribution in [1.82, 2.24) is 4.31 Å². The first kappa shape index (κ1) is 15.9. The van der Waals surface area contributed by atoms with E-state index in [1.165, 1.54) is 0 Å². The maximum atomic E-state index is 12.2. The van der Waals surface area contributed by atoms with Gasteiger partial charge in [0.2, 0.25) is 10.0 Å². The lowest BCUT2D eigenvalue weighted by molar-refractivity contribution is -0.153. The molecule has 0 aromatic carbocycles. The summed E-state index contributed by atoms with van der Waals surface area (Å²) in [5.74, 6) is -3.47. The van der Waals surface area contributed by atoms with E-state index in [4.69, 9.17) is 0 Å². The number of carbonyl (C=O) groups is 3. The molecule has 0 N–H and O–H groups in total. The molecule has 0 amide bonds. The van der Waals surface area contributed by atoms with Crippen LogP contribution < -0.4 is 0 Å². The van der Waals surface area contributed by atoms with Gasteiger partial charge in [-0.05, 0) is 13.3 Å². The van der Waals surface area contributed by atoms with Crippen molar-refractivity contribution in [3.8, 4) is 0 Å². The number of cyclic esters (lactones) is 2. The quantitative estimate of drug-likeness (QED) is 0.486. The van der Waals surface area contributed by atoms with E-state index >= 15 is 0 Å². The molecule has 0 aliphatic carbocycles. The van der Waals surface area contributed by atoms with E-state index in [0.29, 0.717) is 0 Å². The van der Waals surface area contributed by atoms with Crippen LogP contribution in [0.25, 0.3) is 0 Å². The average Bonchev–Trinajstić information content (AvgIpc) is 2.72. The average molecular weight is 319 g/mol. The van der Waals surface area contributed by atoms with E-state index in [1.807, 2.05) is 0 Å². The second-order valence-electron chi connectivity index (χ2n) is 4.97. The highest BCUT2D eigenvalue weighted by Crippen LogP contribution is 2.32. The highest BCUT2D eigenvalue weighted by molar-refractivity contribution is 7.89. The fourth-order valence-electron chi connectivity index (χ4n) is 2.52. The van der Waals surface area contributed by atoms with E-state index in [9.17, 15) is 22.8 Å². The van der Waals surface area contributed by atoms with E-state index in [0.717, 1.165) is 4.31 Å². The fraction of sp³-hybridized carbons (Fsp3) is 0.750. The number of piperidine rings is 1. The Morgan fingerprint density at radius 3 is 2.67 bits per heavy atom. The van der Waals surface area contributed by atoms with Crippen molar-refractivity contribution >= 4 is 27.9 Å². The van der Waals surface area contributed by atoms with Crippen LogP contribution in [0, 0.1) is 11.8 Å². The summed E-state index contributed by atoms with van der Waals surface area (Å²) < 4.78 is 34.7. The number of carbonyl (C=O) groups excluding carboxylic acids is 3. The molecule has 0 spiro atoms. The number of sulfonamides is 1. The molecule has 2 fully saturated rings. The topological polar surface area (TPSA) is 107 Å². The van der Waals surface area contributed by atoms with E-state index in [1.54, 1.807) is 6.92 Å². The van der Waals surface area contributed by atoms with Gasteiger partial charge >= 0.3 is 17.9 Å². The maximum Gasteiger partial charge on any atom is 0.318 e. The standard InChI is InChI=1S/C12H17NO7S/c1-2-19-10(14)4-6-21(17,18)13-5-3-8-9(7-13)12(16)20-11(8)15/h8-9H,2-7H2,1H3.